The minimum atomic E-state index is -3.12. The van der Waals surface area contributed by atoms with Gasteiger partial charge in [0.2, 0.25) is 0 Å². The number of rotatable bonds is 6. The average Bonchev–Trinajstić information content (AvgIpc) is 2.69. The number of benzene rings is 2. The van der Waals surface area contributed by atoms with Crippen molar-refractivity contribution in [1.82, 2.24) is 4.90 Å². The molecular weight excluding hydrogens is 344 g/mol. The Balaban J connectivity index is 1.51. The van der Waals surface area contributed by atoms with Crippen LogP contribution in [0.2, 0.25) is 0 Å². The van der Waals surface area contributed by atoms with Gasteiger partial charge in [0.15, 0.2) is 9.84 Å². The molecule has 0 N–H and O–H groups in total. The van der Waals surface area contributed by atoms with Crippen LogP contribution in [0.1, 0.15) is 12.5 Å². The summed E-state index contributed by atoms with van der Waals surface area (Å²) in [5, 5.41) is 0. The van der Waals surface area contributed by atoms with Gasteiger partial charge in [0, 0.05) is 38.4 Å². The first kappa shape index (κ1) is 18.7. The highest BCUT2D eigenvalue weighted by Gasteiger charge is 2.17. The summed E-state index contributed by atoms with van der Waals surface area (Å²) >= 11 is 0. The van der Waals surface area contributed by atoms with Gasteiger partial charge in [-0.25, -0.2) is 8.42 Å². The highest BCUT2D eigenvalue weighted by Crippen LogP contribution is 2.20. The molecule has 0 radical (unpaired) electrons. The number of anilines is 1. The Hall–Kier alpha value is -2.11. The van der Waals surface area contributed by atoms with Crippen LogP contribution in [0.5, 0.6) is 0 Å². The summed E-state index contributed by atoms with van der Waals surface area (Å²) in [4.78, 5) is 5.17. The molecule has 1 heterocycles. The average molecular weight is 371 g/mol. The standard InChI is InChI=1S/C21H26N2O2S/c1-2-26(24,25)21-12-10-20(11-13-21)23-17-15-22(16-18-23)14-6-9-19-7-4-3-5-8-19/h3-13H,2,14-18H2,1H3/b9-6+. The molecule has 2 aromatic rings. The van der Waals surface area contributed by atoms with Crippen molar-refractivity contribution in [3.8, 4) is 0 Å². The SMILES string of the molecule is CCS(=O)(=O)c1ccc(N2CCN(C/C=C/c3ccccc3)CC2)cc1. The van der Waals surface area contributed by atoms with E-state index in [4.69, 9.17) is 0 Å². The van der Waals surface area contributed by atoms with Crippen molar-refractivity contribution in [3.05, 3.63) is 66.2 Å². The van der Waals surface area contributed by atoms with E-state index in [9.17, 15) is 8.42 Å². The summed E-state index contributed by atoms with van der Waals surface area (Å²) in [7, 11) is -3.12. The molecule has 1 saturated heterocycles. The van der Waals surface area contributed by atoms with E-state index in [1.165, 1.54) is 5.56 Å². The Morgan fingerprint density at radius 3 is 2.19 bits per heavy atom. The molecular formula is C21H26N2O2S. The monoisotopic (exact) mass is 370 g/mol. The minimum Gasteiger partial charge on any atom is -0.369 e. The molecule has 0 atom stereocenters. The van der Waals surface area contributed by atoms with Crippen LogP contribution < -0.4 is 4.90 Å². The van der Waals surface area contributed by atoms with Crippen LogP contribution in [-0.4, -0.2) is 51.8 Å². The van der Waals surface area contributed by atoms with E-state index in [2.05, 4.69) is 46.2 Å². The van der Waals surface area contributed by atoms with Crippen LogP contribution in [0.25, 0.3) is 6.08 Å². The molecule has 0 spiro atoms. The second-order valence-corrected chi connectivity index (χ2v) is 8.78. The van der Waals surface area contributed by atoms with Crippen LogP contribution in [0, 0.1) is 0 Å². The van der Waals surface area contributed by atoms with Crippen LogP contribution in [0.15, 0.2) is 65.6 Å². The van der Waals surface area contributed by atoms with Crippen molar-refractivity contribution in [2.75, 3.05) is 43.4 Å². The largest absolute Gasteiger partial charge is 0.369 e. The van der Waals surface area contributed by atoms with Gasteiger partial charge in [0.25, 0.3) is 0 Å². The van der Waals surface area contributed by atoms with Gasteiger partial charge in [-0.1, -0.05) is 49.4 Å². The lowest BCUT2D eigenvalue weighted by Gasteiger charge is -2.35. The number of hydrogen-bond donors (Lipinski definition) is 0. The molecule has 0 bridgehead atoms. The summed E-state index contributed by atoms with van der Waals surface area (Å²) in [6.07, 6.45) is 4.38. The highest BCUT2D eigenvalue weighted by molar-refractivity contribution is 7.91. The molecule has 4 nitrogen and oxygen atoms in total. The van der Waals surface area contributed by atoms with Gasteiger partial charge in [0.05, 0.1) is 10.6 Å². The summed E-state index contributed by atoms with van der Waals surface area (Å²) in [6.45, 7) is 6.56. The highest BCUT2D eigenvalue weighted by atomic mass is 32.2. The van der Waals surface area contributed by atoms with Gasteiger partial charge in [-0.2, -0.15) is 0 Å². The normalized spacial score (nSPS) is 16.3. The second kappa shape index (κ2) is 8.52. The lowest BCUT2D eigenvalue weighted by Crippen LogP contribution is -2.46. The fourth-order valence-corrected chi connectivity index (χ4v) is 4.01. The molecule has 1 aliphatic heterocycles. The zero-order valence-electron chi connectivity index (χ0n) is 15.2. The summed E-state index contributed by atoms with van der Waals surface area (Å²) < 4.78 is 23.8. The van der Waals surface area contributed by atoms with Gasteiger partial charge in [-0.05, 0) is 29.8 Å². The quantitative estimate of drug-likeness (QED) is 0.782. The van der Waals surface area contributed by atoms with Crippen LogP contribution in [-0.2, 0) is 9.84 Å². The van der Waals surface area contributed by atoms with Crippen molar-refractivity contribution in [2.24, 2.45) is 0 Å². The number of piperazine rings is 1. The molecule has 0 aliphatic carbocycles. The molecule has 0 aromatic heterocycles. The maximum Gasteiger partial charge on any atom is 0.178 e. The molecule has 138 valence electrons. The molecule has 26 heavy (non-hydrogen) atoms. The maximum absolute atomic E-state index is 11.9. The first-order chi connectivity index (χ1) is 12.6. The van der Waals surface area contributed by atoms with Gasteiger partial charge >= 0.3 is 0 Å². The third kappa shape index (κ3) is 4.74. The Morgan fingerprint density at radius 2 is 1.58 bits per heavy atom. The van der Waals surface area contributed by atoms with Crippen molar-refractivity contribution in [3.63, 3.8) is 0 Å². The van der Waals surface area contributed by atoms with E-state index in [-0.39, 0.29) is 5.75 Å². The van der Waals surface area contributed by atoms with Gasteiger partial charge in [-0.3, -0.25) is 4.90 Å². The molecule has 1 aliphatic rings. The Kier molecular flexibility index (Phi) is 6.12. The first-order valence-electron chi connectivity index (χ1n) is 9.10. The van der Waals surface area contributed by atoms with E-state index in [0.29, 0.717) is 4.90 Å². The fourth-order valence-electron chi connectivity index (χ4n) is 3.12. The fraction of sp³-hybridized carbons (Fsp3) is 0.333. The molecule has 3 rings (SSSR count). The predicted octanol–water partition coefficient (Wildman–Crippen LogP) is 3.32. The summed E-state index contributed by atoms with van der Waals surface area (Å²) in [5.74, 6) is 0.140. The van der Waals surface area contributed by atoms with E-state index in [1.54, 1.807) is 19.1 Å². The second-order valence-electron chi connectivity index (χ2n) is 6.50. The number of nitrogens with zero attached hydrogens (tertiary/aromatic N) is 2. The smallest absolute Gasteiger partial charge is 0.178 e. The number of sulfone groups is 1. The lowest BCUT2D eigenvalue weighted by atomic mass is 10.2. The van der Waals surface area contributed by atoms with Gasteiger partial charge in [-0.15, -0.1) is 0 Å². The van der Waals surface area contributed by atoms with Gasteiger partial charge in [0.1, 0.15) is 0 Å². The first-order valence-corrected chi connectivity index (χ1v) is 10.8. The van der Waals surface area contributed by atoms with Gasteiger partial charge < -0.3 is 4.90 Å². The Bertz CT molecular complexity index is 822. The summed E-state index contributed by atoms with van der Waals surface area (Å²) in [5.41, 5.74) is 2.33. The molecule has 0 unspecified atom stereocenters. The van der Waals surface area contributed by atoms with Crippen molar-refractivity contribution < 1.29 is 8.42 Å². The van der Waals surface area contributed by atoms with Crippen LogP contribution in [0.4, 0.5) is 5.69 Å². The summed E-state index contributed by atoms with van der Waals surface area (Å²) in [6, 6.07) is 17.6. The minimum absolute atomic E-state index is 0.140. The Morgan fingerprint density at radius 1 is 0.923 bits per heavy atom. The third-order valence-corrected chi connectivity index (χ3v) is 6.54. The topological polar surface area (TPSA) is 40.6 Å². The van der Waals surface area contributed by atoms with Crippen LogP contribution >= 0.6 is 0 Å². The molecule has 1 fully saturated rings. The zero-order chi connectivity index (χ0) is 18.4. The predicted molar refractivity (Wildman–Crippen MR) is 108 cm³/mol. The van der Waals surface area contributed by atoms with E-state index < -0.39 is 9.84 Å². The van der Waals surface area contributed by atoms with Crippen molar-refractivity contribution >= 4 is 21.6 Å². The van der Waals surface area contributed by atoms with E-state index in [1.807, 2.05) is 18.2 Å². The molecule has 5 heteroatoms. The van der Waals surface area contributed by atoms with E-state index >= 15 is 0 Å². The van der Waals surface area contributed by atoms with Crippen molar-refractivity contribution in [1.29, 1.82) is 0 Å². The maximum atomic E-state index is 11.9. The van der Waals surface area contributed by atoms with Crippen molar-refractivity contribution in [2.45, 2.75) is 11.8 Å². The number of hydrogen-bond acceptors (Lipinski definition) is 4. The molecule has 0 amide bonds. The zero-order valence-corrected chi connectivity index (χ0v) is 16.0. The lowest BCUT2D eigenvalue weighted by molar-refractivity contribution is 0.284. The third-order valence-electron chi connectivity index (χ3n) is 4.79. The van der Waals surface area contributed by atoms with Crippen LogP contribution in [0.3, 0.4) is 0 Å². The molecule has 0 saturated carbocycles. The molecule has 2 aromatic carbocycles. The Labute approximate surface area is 156 Å². The van der Waals surface area contributed by atoms with E-state index in [0.717, 1.165) is 38.4 Å².